The van der Waals surface area contributed by atoms with E-state index < -0.39 is 0 Å². The van der Waals surface area contributed by atoms with Gasteiger partial charge in [-0.05, 0) is 61.4 Å². The average molecular weight is 384 g/mol. The normalized spacial score (nSPS) is 10.7. The molecule has 0 saturated heterocycles. The minimum absolute atomic E-state index is 0.290. The first-order chi connectivity index (χ1) is 13.7. The molecular formula is C22H28N2O4. The number of hydrogen-bond acceptors (Lipinski definition) is 5. The van der Waals surface area contributed by atoms with E-state index in [0.717, 1.165) is 30.6 Å². The molecule has 0 aliphatic carbocycles. The number of unbranched alkanes of at least 4 members (excludes halogenated alkanes) is 2. The largest absolute Gasteiger partial charge is 0.494 e. The lowest BCUT2D eigenvalue weighted by Crippen LogP contribution is -2.17. The minimum Gasteiger partial charge on any atom is -0.494 e. The van der Waals surface area contributed by atoms with Crippen LogP contribution in [0.3, 0.4) is 0 Å². The van der Waals surface area contributed by atoms with E-state index in [4.69, 9.17) is 14.2 Å². The summed E-state index contributed by atoms with van der Waals surface area (Å²) in [5.74, 6) is 1.78. The second kappa shape index (κ2) is 11.6. The Labute approximate surface area is 166 Å². The van der Waals surface area contributed by atoms with E-state index in [2.05, 4.69) is 17.5 Å². The zero-order valence-electron chi connectivity index (χ0n) is 16.7. The molecule has 0 fully saturated rings. The van der Waals surface area contributed by atoms with Crippen LogP contribution in [-0.2, 0) is 0 Å². The number of amides is 1. The first kappa shape index (κ1) is 21.3. The third-order valence-corrected chi connectivity index (χ3v) is 4.00. The summed E-state index contributed by atoms with van der Waals surface area (Å²) in [6.45, 7) is 5.32. The van der Waals surface area contributed by atoms with E-state index in [1.807, 2.05) is 25.1 Å². The third kappa shape index (κ3) is 6.61. The summed E-state index contributed by atoms with van der Waals surface area (Å²) in [6.07, 6.45) is 4.87. The average Bonchev–Trinajstić information content (AvgIpc) is 2.72. The van der Waals surface area contributed by atoms with E-state index in [-0.39, 0.29) is 5.91 Å². The van der Waals surface area contributed by atoms with E-state index >= 15 is 0 Å². The lowest BCUT2D eigenvalue weighted by atomic mass is 10.2. The van der Waals surface area contributed by atoms with Crippen molar-refractivity contribution in [2.75, 3.05) is 20.3 Å². The number of rotatable bonds is 11. The Hall–Kier alpha value is -3.02. The lowest BCUT2D eigenvalue weighted by molar-refractivity contribution is 0.0955. The Morgan fingerprint density at radius 3 is 2.50 bits per heavy atom. The van der Waals surface area contributed by atoms with Crippen molar-refractivity contribution in [1.82, 2.24) is 5.43 Å². The highest BCUT2D eigenvalue weighted by Gasteiger charge is 2.06. The Bertz CT molecular complexity index is 773. The number of nitrogens with one attached hydrogen (secondary N) is 1. The smallest absolute Gasteiger partial charge is 0.271 e. The molecule has 0 bridgehead atoms. The molecule has 0 aliphatic rings. The summed E-state index contributed by atoms with van der Waals surface area (Å²) >= 11 is 0. The molecule has 6 heteroatoms. The molecule has 0 unspecified atom stereocenters. The van der Waals surface area contributed by atoms with Gasteiger partial charge in [0.05, 0.1) is 26.5 Å². The van der Waals surface area contributed by atoms with E-state index in [1.54, 1.807) is 37.6 Å². The van der Waals surface area contributed by atoms with Gasteiger partial charge < -0.3 is 14.2 Å². The Morgan fingerprint density at radius 1 is 1.04 bits per heavy atom. The summed E-state index contributed by atoms with van der Waals surface area (Å²) in [5, 5.41) is 4.02. The number of hydrogen-bond donors (Lipinski definition) is 1. The van der Waals surface area contributed by atoms with Crippen LogP contribution < -0.4 is 19.6 Å². The van der Waals surface area contributed by atoms with Crippen molar-refractivity contribution >= 4 is 12.1 Å². The second-order valence-electron chi connectivity index (χ2n) is 6.12. The van der Waals surface area contributed by atoms with E-state index in [0.29, 0.717) is 30.3 Å². The van der Waals surface area contributed by atoms with Gasteiger partial charge in [0.25, 0.3) is 5.91 Å². The Morgan fingerprint density at radius 2 is 1.82 bits per heavy atom. The predicted molar refractivity (Wildman–Crippen MR) is 111 cm³/mol. The third-order valence-electron chi connectivity index (χ3n) is 4.00. The highest BCUT2D eigenvalue weighted by atomic mass is 16.5. The van der Waals surface area contributed by atoms with Crippen LogP contribution in [0.25, 0.3) is 0 Å². The fourth-order valence-corrected chi connectivity index (χ4v) is 2.52. The van der Waals surface area contributed by atoms with Crippen molar-refractivity contribution < 1.29 is 19.0 Å². The summed E-state index contributed by atoms with van der Waals surface area (Å²) < 4.78 is 16.5. The summed E-state index contributed by atoms with van der Waals surface area (Å²) in [7, 11) is 1.60. The van der Waals surface area contributed by atoms with Crippen LogP contribution >= 0.6 is 0 Å². The monoisotopic (exact) mass is 384 g/mol. The van der Waals surface area contributed by atoms with Gasteiger partial charge in [-0.3, -0.25) is 4.79 Å². The number of methoxy groups -OCH3 is 1. The van der Waals surface area contributed by atoms with Crippen LogP contribution in [0.2, 0.25) is 0 Å². The lowest BCUT2D eigenvalue weighted by Gasteiger charge is -2.11. The highest BCUT2D eigenvalue weighted by molar-refractivity contribution is 5.95. The van der Waals surface area contributed by atoms with Crippen molar-refractivity contribution in [2.45, 2.75) is 33.1 Å². The molecule has 6 nitrogen and oxygen atoms in total. The molecule has 0 spiro atoms. The van der Waals surface area contributed by atoms with Gasteiger partial charge in [0, 0.05) is 5.56 Å². The maximum absolute atomic E-state index is 12.1. The molecule has 1 amide bonds. The fourth-order valence-electron chi connectivity index (χ4n) is 2.52. The zero-order chi connectivity index (χ0) is 20.2. The maximum Gasteiger partial charge on any atom is 0.271 e. The topological polar surface area (TPSA) is 69.2 Å². The summed E-state index contributed by atoms with van der Waals surface area (Å²) in [5.41, 5.74) is 3.82. The van der Waals surface area contributed by atoms with Crippen molar-refractivity contribution in [2.24, 2.45) is 5.10 Å². The summed E-state index contributed by atoms with van der Waals surface area (Å²) in [6, 6.07) is 12.4. The van der Waals surface area contributed by atoms with Crippen LogP contribution in [0.15, 0.2) is 47.6 Å². The van der Waals surface area contributed by atoms with Gasteiger partial charge in [0.2, 0.25) is 0 Å². The van der Waals surface area contributed by atoms with Gasteiger partial charge in [-0.1, -0.05) is 19.8 Å². The first-order valence-electron chi connectivity index (χ1n) is 9.55. The van der Waals surface area contributed by atoms with Gasteiger partial charge in [0.1, 0.15) is 5.75 Å². The Kier molecular flexibility index (Phi) is 8.85. The molecule has 0 aromatic heterocycles. The number of carbonyl (C=O) groups is 1. The van der Waals surface area contributed by atoms with Gasteiger partial charge in [0.15, 0.2) is 11.5 Å². The second-order valence-corrected chi connectivity index (χ2v) is 6.12. The van der Waals surface area contributed by atoms with Gasteiger partial charge in [-0.15, -0.1) is 0 Å². The van der Waals surface area contributed by atoms with Gasteiger partial charge >= 0.3 is 0 Å². The van der Waals surface area contributed by atoms with Crippen LogP contribution in [0.4, 0.5) is 0 Å². The molecule has 2 aromatic carbocycles. The molecule has 2 rings (SSSR count). The fraction of sp³-hybridized carbons (Fsp3) is 0.364. The van der Waals surface area contributed by atoms with Crippen molar-refractivity contribution in [3.05, 3.63) is 53.6 Å². The maximum atomic E-state index is 12.1. The number of hydrazone groups is 1. The van der Waals surface area contributed by atoms with Crippen molar-refractivity contribution in [3.8, 4) is 17.2 Å². The van der Waals surface area contributed by atoms with Gasteiger partial charge in [-0.25, -0.2) is 5.43 Å². The van der Waals surface area contributed by atoms with Gasteiger partial charge in [-0.2, -0.15) is 5.10 Å². The standard InChI is InChI=1S/C22H28N2O4/c1-4-6-7-14-28-20-13-8-17(15-21(20)26-3)16-23-24-22(25)18-9-11-19(12-10-18)27-5-2/h8-13,15-16H,4-7,14H2,1-3H3,(H,24,25)/b23-16-. The molecule has 28 heavy (non-hydrogen) atoms. The molecule has 150 valence electrons. The molecule has 0 heterocycles. The van der Waals surface area contributed by atoms with Crippen LogP contribution in [-0.4, -0.2) is 32.4 Å². The van der Waals surface area contributed by atoms with Crippen LogP contribution in [0.1, 0.15) is 49.0 Å². The van der Waals surface area contributed by atoms with E-state index in [9.17, 15) is 4.79 Å². The molecular weight excluding hydrogens is 356 g/mol. The highest BCUT2D eigenvalue weighted by Crippen LogP contribution is 2.27. The zero-order valence-corrected chi connectivity index (χ0v) is 16.7. The van der Waals surface area contributed by atoms with E-state index in [1.165, 1.54) is 0 Å². The minimum atomic E-state index is -0.290. The van der Waals surface area contributed by atoms with Crippen LogP contribution in [0, 0.1) is 0 Å². The van der Waals surface area contributed by atoms with Crippen LogP contribution in [0.5, 0.6) is 17.2 Å². The van der Waals surface area contributed by atoms with Crippen molar-refractivity contribution in [1.29, 1.82) is 0 Å². The predicted octanol–water partition coefficient (Wildman–Crippen LogP) is 4.43. The SMILES string of the molecule is CCCCCOc1ccc(/C=N\NC(=O)c2ccc(OCC)cc2)cc1OC. The number of ether oxygens (including phenoxy) is 3. The number of nitrogens with zero attached hydrogens (tertiary/aromatic N) is 1. The molecule has 0 radical (unpaired) electrons. The molecule has 1 N–H and O–H groups in total. The van der Waals surface area contributed by atoms with Crippen molar-refractivity contribution in [3.63, 3.8) is 0 Å². The molecule has 0 aliphatic heterocycles. The quantitative estimate of drug-likeness (QED) is 0.354. The number of carbonyl (C=O) groups excluding carboxylic acids is 1. The molecule has 0 atom stereocenters. The number of benzene rings is 2. The Balaban J connectivity index is 1.92. The molecule has 2 aromatic rings. The first-order valence-corrected chi connectivity index (χ1v) is 9.55. The summed E-state index contributed by atoms with van der Waals surface area (Å²) in [4.78, 5) is 12.1. The molecule has 0 saturated carbocycles.